The van der Waals surface area contributed by atoms with E-state index in [1.54, 1.807) is 25.1 Å². The first-order valence-electron chi connectivity index (χ1n) is 6.43. The van der Waals surface area contributed by atoms with Crippen LogP contribution in [0.3, 0.4) is 0 Å². The number of benzene rings is 1. The van der Waals surface area contributed by atoms with Gasteiger partial charge in [-0.3, -0.25) is 4.79 Å². The molecule has 1 aromatic carbocycles. The average Bonchev–Trinajstić information content (AvgIpc) is 3.18. The maximum atomic E-state index is 11.4. The number of carbonyl (C=O) groups is 2. The molecule has 0 atom stereocenters. The third-order valence-corrected chi connectivity index (χ3v) is 3.16. The van der Waals surface area contributed by atoms with Gasteiger partial charge in [0.2, 0.25) is 5.91 Å². The van der Waals surface area contributed by atoms with Crippen LogP contribution < -0.4 is 10.6 Å². The smallest absolute Gasteiger partial charge is 0.335 e. The van der Waals surface area contributed by atoms with E-state index >= 15 is 0 Å². The minimum absolute atomic E-state index is 0.138. The number of aromatic carboxylic acids is 1. The Morgan fingerprint density at radius 3 is 2.63 bits per heavy atom. The van der Waals surface area contributed by atoms with Crippen LogP contribution >= 0.6 is 0 Å². The Labute approximate surface area is 112 Å². The van der Waals surface area contributed by atoms with Crippen LogP contribution in [0.2, 0.25) is 0 Å². The van der Waals surface area contributed by atoms with Gasteiger partial charge in [-0.15, -0.1) is 0 Å². The summed E-state index contributed by atoms with van der Waals surface area (Å²) in [7, 11) is 0. The molecule has 1 fully saturated rings. The van der Waals surface area contributed by atoms with E-state index in [1.807, 2.05) is 0 Å². The van der Waals surface area contributed by atoms with Crippen LogP contribution in [-0.4, -0.2) is 30.1 Å². The highest BCUT2D eigenvalue weighted by Gasteiger charge is 2.28. The predicted molar refractivity (Wildman–Crippen MR) is 72.4 cm³/mol. The first kappa shape index (κ1) is 13.4. The molecular formula is C14H18N2O3. The Kier molecular flexibility index (Phi) is 4.04. The van der Waals surface area contributed by atoms with Crippen molar-refractivity contribution in [2.45, 2.75) is 19.8 Å². The molecule has 0 spiro atoms. The molecule has 0 aromatic heterocycles. The lowest BCUT2D eigenvalue weighted by Gasteiger charge is -2.09. The lowest BCUT2D eigenvalue weighted by Crippen LogP contribution is -2.29. The molecule has 0 aliphatic heterocycles. The first-order chi connectivity index (χ1) is 9.08. The second-order valence-electron chi connectivity index (χ2n) is 4.83. The number of carbonyl (C=O) groups excluding carboxylic acids is 1. The summed E-state index contributed by atoms with van der Waals surface area (Å²) in [6.07, 6.45) is 2.02. The molecule has 1 aliphatic carbocycles. The summed E-state index contributed by atoms with van der Waals surface area (Å²) in [5, 5.41) is 14.9. The maximum absolute atomic E-state index is 11.4. The van der Waals surface area contributed by atoms with Gasteiger partial charge in [0.1, 0.15) is 0 Å². The number of aryl methyl sites for hydroxylation is 1. The van der Waals surface area contributed by atoms with E-state index in [0.29, 0.717) is 18.7 Å². The fourth-order valence-electron chi connectivity index (χ4n) is 1.90. The zero-order valence-corrected chi connectivity index (χ0v) is 10.9. The van der Waals surface area contributed by atoms with Crippen molar-refractivity contribution in [3.8, 4) is 0 Å². The molecule has 1 aliphatic rings. The summed E-state index contributed by atoms with van der Waals surface area (Å²) >= 11 is 0. The third kappa shape index (κ3) is 3.71. The van der Waals surface area contributed by atoms with Crippen LogP contribution in [0.25, 0.3) is 0 Å². The summed E-state index contributed by atoms with van der Waals surface area (Å²) in [5.74, 6) is -0.544. The Balaban J connectivity index is 1.77. The molecule has 0 saturated heterocycles. The number of anilines is 1. The lowest BCUT2D eigenvalue weighted by molar-refractivity contribution is -0.122. The van der Waals surface area contributed by atoms with E-state index in [9.17, 15) is 9.59 Å². The van der Waals surface area contributed by atoms with E-state index in [1.165, 1.54) is 0 Å². The summed E-state index contributed by atoms with van der Waals surface area (Å²) in [6, 6.07) is 5.12. The Bertz CT molecular complexity index is 495. The molecule has 19 heavy (non-hydrogen) atoms. The molecule has 1 amide bonds. The van der Waals surface area contributed by atoms with Crippen molar-refractivity contribution in [2.24, 2.45) is 5.92 Å². The van der Waals surface area contributed by atoms with Crippen molar-refractivity contribution in [3.05, 3.63) is 29.3 Å². The summed E-state index contributed by atoms with van der Waals surface area (Å²) < 4.78 is 0. The van der Waals surface area contributed by atoms with Crippen molar-refractivity contribution in [3.63, 3.8) is 0 Å². The molecule has 0 radical (unpaired) electrons. The number of nitrogens with one attached hydrogen (secondary N) is 2. The van der Waals surface area contributed by atoms with Gasteiger partial charge in [0.05, 0.1) is 5.56 Å². The van der Waals surface area contributed by atoms with Gasteiger partial charge in [0.15, 0.2) is 0 Å². The molecule has 2 rings (SSSR count). The first-order valence-corrected chi connectivity index (χ1v) is 6.43. The number of carboxylic acid groups (broad SMARTS) is 1. The zero-order valence-electron chi connectivity index (χ0n) is 10.9. The highest BCUT2D eigenvalue weighted by Crippen LogP contribution is 2.28. The normalized spacial score (nSPS) is 13.9. The van der Waals surface area contributed by atoms with Gasteiger partial charge in [0, 0.05) is 24.7 Å². The standard InChI is InChI=1S/C14H18N2O3/c1-9-8-11(4-5-12(9)14(18)19)15-6-7-16-13(17)10-2-3-10/h4-5,8,10,15H,2-3,6-7H2,1H3,(H,16,17)(H,18,19). The molecule has 1 aromatic rings. The lowest BCUT2D eigenvalue weighted by atomic mass is 10.1. The van der Waals surface area contributed by atoms with Crippen LogP contribution in [0.15, 0.2) is 18.2 Å². The molecule has 0 unspecified atom stereocenters. The number of hydrogen-bond donors (Lipinski definition) is 3. The van der Waals surface area contributed by atoms with E-state index in [0.717, 1.165) is 24.1 Å². The van der Waals surface area contributed by atoms with Crippen molar-refractivity contribution in [1.29, 1.82) is 0 Å². The van der Waals surface area contributed by atoms with Crippen molar-refractivity contribution in [2.75, 3.05) is 18.4 Å². The summed E-state index contributed by atoms with van der Waals surface area (Å²) in [5.41, 5.74) is 1.90. The Morgan fingerprint density at radius 2 is 2.05 bits per heavy atom. The van der Waals surface area contributed by atoms with Crippen molar-refractivity contribution in [1.82, 2.24) is 5.32 Å². The van der Waals surface area contributed by atoms with Crippen LogP contribution in [-0.2, 0) is 4.79 Å². The van der Waals surface area contributed by atoms with E-state index in [4.69, 9.17) is 5.11 Å². The average molecular weight is 262 g/mol. The zero-order chi connectivity index (χ0) is 13.8. The van der Waals surface area contributed by atoms with E-state index < -0.39 is 5.97 Å². The number of carboxylic acids is 1. The molecule has 3 N–H and O–H groups in total. The SMILES string of the molecule is Cc1cc(NCCNC(=O)C2CC2)ccc1C(=O)O. The van der Waals surface area contributed by atoms with Crippen molar-refractivity contribution < 1.29 is 14.7 Å². The fourth-order valence-corrected chi connectivity index (χ4v) is 1.90. The number of rotatable bonds is 6. The van der Waals surface area contributed by atoms with Crippen LogP contribution in [0.5, 0.6) is 0 Å². The molecular weight excluding hydrogens is 244 g/mol. The van der Waals surface area contributed by atoms with Gasteiger partial charge in [0.25, 0.3) is 0 Å². The predicted octanol–water partition coefficient (Wildman–Crippen LogP) is 1.63. The third-order valence-electron chi connectivity index (χ3n) is 3.16. The van der Waals surface area contributed by atoms with Gasteiger partial charge in [-0.1, -0.05) is 0 Å². The molecule has 5 nitrogen and oxygen atoms in total. The molecule has 102 valence electrons. The van der Waals surface area contributed by atoms with Crippen LogP contribution in [0, 0.1) is 12.8 Å². The topological polar surface area (TPSA) is 78.4 Å². The van der Waals surface area contributed by atoms with E-state index in [2.05, 4.69) is 10.6 Å². The Morgan fingerprint density at radius 1 is 1.32 bits per heavy atom. The largest absolute Gasteiger partial charge is 0.478 e. The van der Waals surface area contributed by atoms with Crippen molar-refractivity contribution >= 4 is 17.6 Å². The summed E-state index contributed by atoms with van der Waals surface area (Å²) in [4.78, 5) is 22.3. The summed E-state index contributed by atoms with van der Waals surface area (Å²) in [6.45, 7) is 2.98. The number of hydrogen-bond acceptors (Lipinski definition) is 3. The van der Waals surface area contributed by atoms with Gasteiger partial charge in [-0.2, -0.15) is 0 Å². The Hall–Kier alpha value is -2.04. The van der Waals surface area contributed by atoms with E-state index in [-0.39, 0.29) is 11.8 Å². The van der Waals surface area contributed by atoms with Crippen LogP contribution in [0.1, 0.15) is 28.8 Å². The number of amides is 1. The second kappa shape index (κ2) is 5.73. The van der Waals surface area contributed by atoms with Gasteiger partial charge >= 0.3 is 5.97 Å². The molecule has 0 heterocycles. The quantitative estimate of drug-likeness (QED) is 0.681. The van der Waals surface area contributed by atoms with Gasteiger partial charge in [-0.25, -0.2) is 4.79 Å². The monoisotopic (exact) mass is 262 g/mol. The van der Waals surface area contributed by atoms with Gasteiger partial charge in [-0.05, 0) is 43.5 Å². The minimum atomic E-state index is -0.916. The highest BCUT2D eigenvalue weighted by atomic mass is 16.4. The molecule has 0 bridgehead atoms. The van der Waals surface area contributed by atoms with Crippen LogP contribution in [0.4, 0.5) is 5.69 Å². The highest BCUT2D eigenvalue weighted by molar-refractivity contribution is 5.89. The second-order valence-corrected chi connectivity index (χ2v) is 4.83. The maximum Gasteiger partial charge on any atom is 0.335 e. The fraction of sp³-hybridized carbons (Fsp3) is 0.429. The minimum Gasteiger partial charge on any atom is -0.478 e. The molecule has 1 saturated carbocycles. The van der Waals surface area contributed by atoms with Gasteiger partial charge < -0.3 is 15.7 Å². The molecule has 5 heteroatoms.